The molecular weight excluding hydrogens is 364 g/mol. The molecule has 2 amide bonds. The molecule has 0 bridgehead atoms. The van der Waals surface area contributed by atoms with Crippen molar-refractivity contribution in [3.8, 4) is 11.5 Å². The predicted molar refractivity (Wildman–Crippen MR) is 96.9 cm³/mol. The molecule has 2 aliphatic heterocycles. The minimum Gasteiger partial charge on any atom is -0.465 e. The lowest BCUT2D eigenvalue weighted by atomic mass is 10.1. The number of amides is 2. The topological polar surface area (TPSA) is 98.8 Å². The van der Waals surface area contributed by atoms with Gasteiger partial charge < -0.3 is 19.5 Å². The average Bonchev–Trinajstić information content (AvgIpc) is 3.29. The third-order valence-corrected chi connectivity index (χ3v) is 4.80. The number of imide groups is 1. The van der Waals surface area contributed by atoms with Gasteiger partial charge in [0.2, 0.25) is 12.7 Å². The molecule has 28 heavy (non-hydrogen) atoms. The largest absolute Gasteiger partial charge is 0.465 e. The third kappa shape index (κ3) is 3.29. The summed E-state index contributed by atoms with van der Waals surface area (Å²) in [7, 11) is 1.30. The molecule has 0 aliphatic carbocycles. The highest BCUT2D eigenvalue weighted by molar-refractivity contribution is 6.21. The summed E-state index contributed by atoms with van der Waals surface area (Å²) < 4.78 is 15.3. The van der Waals surface area contributed by atoms with E-state index in [1.54, 1.807) is 12.1 Å². The van der Waals surface area contributed by atoms with Crippen LogP contribution in [-0.4, -0.2) is 37.7 Å². The number of benzene rings is 2. The standard InChI is InChI=1S/C20H18N2O6/c1-26-20(25)13-3-5-14(6-4-13)22-18(23)9-15(19(22)24)21-10-12-2-7-16-17(8-12)28-11-27-16/h2-8,15,21H,9-11H2,1H3/p+1. The van der Waals surface area contributed by atoms with Crippen LogP contribution in [0.3, 0.4) is 0 Å². The van der Waals surface area contributed by atoms with E-state index < -0.39 is 12.0 Å². The Balaban J connectivity index is 1.43. The number of rotatable bonds is 5. The van der Waals surface area contributed by atoms with Crippen molar-refractivity contribution in [2.75, 3.05) is 18.8 Å². The summed E-state index contributed by atoms with van der Waals surface area (Å²) in [6.45, 7) is 0.747. The first-order chi connectivity index (χ1) is 13.6. The summed E-state index contributed by atoms with van der Waals surface area (Å²) in [6.07, 6.45) is 0.127. The van der Waals surface area contributed by atoms with Gasteiger partial charge in [-0.3, -0.25) is 9.59 Å². The second-order valence-electron chi connectivity index (χ2n) is 6.54. The maximum Gasteiger partial charge on any atom is 0.337 e. The first kappa shape index (κ1) is 18.0. The van der Waals surface area contributed by atoms with E-state index in [1.165, 1.54) is 24.1 Å². The van der Waals surface area contributed by atoms with Crippen molar-refractivity contribution >= 4 is 23.5 Å². The Hall–Kier alpha value is -3.39. The molecule has 0 aromatic heterocycles. The van der Waals surface area contributed by atoms with Gasteiger partial charge >= 0.3 is 5.97 Å². The maximum absolute atomic E-state index is 12.7. The van der Waals surface area contributed by atoms with Gasteiger partial charge in [-0.1, -0.05) is 0 Å². The van der Waals surface area contributed by atoms with E-state index in [4.69, 9.17) is 9.47 Å². The first-order valence-corrected chi connectivity index (χ1v) is 8.84. The highest BCUT2D eigenvalue weighted by Crippen LogP contribution is 2.32. The van der Waals surface area contributed by atoms with Gasteiger partial charge in [0.15, 0.2) is 17.5 Å². The number of ether oxygens (including phenoxy) is 3. The fraction of sp³-hybridized carbons (Fsp3) is 0.250. The Morgan fingerprint density at radius 1 is 1.14 bits per heavy atom. The van der Waals surface area contributed by atoms with Crippen LogP contribution in [0, 0.1) is 0 Å². The molecule has 0 saturated carbocycles. The van der Waals surface area contributed by atoms with E-state index in [2.05, 4.69) is 4.74 Å². The third-order valence-electron chi connectivity index (χ3n) is 4.80. The van der Waals surface area contributed by atoms with Crippen LogP contribution in [0.4, 0.5) is 5.69 Å². The number of fused-ring (bicyclic) bond motifs is 1. The summed E-state index contributed by atoms with van der Waals surface area (Å²) in [6, 6.07) is 11.3. The second-order valence-corrected chi connectivity index (χ2v) is 6.54. The van der Waals surface area contributed by atoms with Crippen LogP contribution in [0.1, 0.15) is 22.3 Å². The van der Waals surface area contributed by atoms with Crippen molar-refractivity contribution in [2.45, 2.75) is 19.0 Å². The molecule has 144 valence electrons. The number of hydrogen-bond acceptors (Lipinski definition) is 6. The number of nitrogens with zero attached hydrogens (tertiary/aromatic N) is 1. The normalized spacial score (nSPS) is 17.9. The number of anilines is 1. The number of hydrogen-bond donors (Lipinski definition) is 1. The van der Waals surface area contributed by atoms with Gasteiger partial charge in [-0.05, 0) is 42.5 Å². The lowest BCUT2D eigenvalue weighted by Gasteiger charge is -2.14. The first-order valence-electron chi connectivity index (χ1n) is 8.84. The zero-order valence-electron chi connectivity index (χ0n) is 15.2. The molecule has 2 aromatic carbocycles. The molecule has 0 radical (unpaired) electrons. The number of nitrogens with two attached hydrogens (primary N) is 1. The Kier molecular flexibility index (Phi) is 4.70. The molecule has 0 spiro atoms. The SMILES string of the molecule is COC(=O)c1ccc(N2C(=O)CC([NH2+]Cc3ccc4c(c3)OCO4)C2=O)cc1. The fourth-order valence-electron chi connectivity index (χ4n) is 3.32. The minimum absolute atomic E-state index is 0.127. The van der Waals surface area contributed by atoms with Crippen molar-refractivity contribution in [1.29, 1.82) is 0 Å². The molecule has 1 fully saturated rings. The average molecular weight is 383 g/mol. The van der Waals surface area contributed by atoms with Crippen LogP contribution in [-0.2, 0) is 20.9 Å². The molecular formula is C20H19N2O6+. The summed E-state index contributed by atoms with van der Waals surface area (Å²) >= 11 is 0. The highest BCUT2D eigenvalue weighted by atomic mass is 16.7. The molecule has 1 unspecified atom stereocenters. The van der Waals surface area contributed by atoms with Gasteiger partial charge in [0.1, 0.15) is 6.54 Å². The number of methoxy groups -OCH3 is 1. The lowest BCUT2D eigenvalue weighted by Crippen LogP contribution is -2.90. The molecule has 2 aliphatic rings. The van der Waals surface area contributed by atoms with Crippen molar-refractivity contribution in [1.82, 2.24) is 0 Å². The quantitative estimate of drug-likeness (QED) is 0.600. The van der Waals surface area contributed by atoms with E-state index in [-0.39, 0.29) is 25.0 Å². The van der Waals surface area contributed by atoms with Crippen LogP contribution in [0.15, 0.2) is 42.5 Å². The molecule has 2 heterocycles. The summed E-state index contributed by atoms with van der Waals surface area (Å²) in [5.74, 6) is 0.393. The molecule has 1 saturated heterocycles. The van der Waals surface area contributed by atoms with Crippen LogP contribution in [0.5, 0.6) is 11.5 Å². The Labute approximate surface area is 161 Å². The minimum atomic E-state index is -0.488. The molecule has 2 N–H and O–H groups in total. The molecule has 4 rings (SSSR count). The number of esters is 1. The lowest BCUT2D eigenvalue weighted by molar-refractivity contribution is -0.690. The Morgan fingerprint density at radius 3 is 2.64 bits per heavy atom. The summed E-state index contributed by atoms with van der Waals surface area (Å²) in [5, 5.41) is 1.85. The van der Waals surface area contributed by atoms with Gasteiger partial charge in [-0.25, -0.2) is 9.69 Å². The van der Waals surface area contributed by atoms with Crippen LogP contribution >= 0.6 is 0 Å². The highest BCUT2D eigenvalue weighted by Gasteiger charge is 2.42. The fourth-order valence-corrected chi connectivity index (χ4v) is 3.32. The van der Waals surface area contributed by atoms with Crippen molar-refractivity contribution in [3.05, 3.63) is 53.6 Å². The number of carbonyl (C=O) groups excluding carboxylic acids is 3. The summed E-state index contributed by atoms with van der Waals surface area (Å²) in [5.41, 5.74) is 1.78. The number of quaternary nitrogens is 1. The second kappa shape index (κ2) is 7.32. The van der Waals surface area contributed by atoms with Gasteiger partial charge in [0.05, 0.1) is 24.8 Å². The molecule has 8 heteroatoms. The van der Waals surface area contributed by atoms with E-state index in [9.17, 15) is 14.4 Å². The van der Waals surface area contributed by atoms with Gasteiger partial charge in [0.25, 0.3) is 5.91 Å². The predicted octanol–water partition coefficient (Wildman–Crippen LogP) is 0.597. The van der Waals surface area contributed by atoms with Gasteiger partial charge in [0, 0.05) is 5.56 Å². The zero-order valence-corrected chi connectivity index (χ0v) is 15.2. The Morgan fingerprint density at radius 2 is 1.89 bits per heavy atom. The van der Waals surface area contributed by atoms with E-state index in [1.807, 2.05) is 23.5 Å². The van der Waals surface area contributed by atoms with Gasteiger partial charge in [-0.2, -0.15) is 0 Å². The monoisotopic (exact) mass is 383 g/mol. The van der Waals surface area contributed by atoms with E-state index in [0.717, 1.165) is 5.56 Å². The van der Waals surface area contributed by atoms with Crippen LogP contribution in [0.2, 0.25) is 0 Å². The molecule has 1 atom stereocenters. The zero-order chi connectivity index (χ0) is 19.7. The molecule has 2 aromatic rings. The van der Waals surface area contributed by atoms with Crippen molar-refractivity contribution in [3.63, 3.8) is 0 Å². The van der Waals surface area contributed by atoms with Crippen molar-refractivity contribution < 1.29 is 33.9 Å². The van der Waals surface area contributed by atoms with Crippen LogP contribution < -0.4 is 19.7 Å². The maximum atomic E-state index is 12.7. The summed E-state index contributed by atoms with van der Waals surface area (Å²) in [4.78, 5) is 37.8. The van der Waals surface area contributed by atoms with Crippen LogP contribution in [0.25, 0.3) is 0 Å². The van der Waals surface area contributed by atoms with Crippen molar-refractivity contribution in [2.24, 2.45) is 0 Å². The molecule has 8 nitrogen and oxygen atoms in total. The number of carbonyl (C=O) groups is 3. The Bertz CT molecular complexity index is 940. The van der Waals surface area contributed by atoms with Gasteiger partial charge in [-0.15, -0.1) is 0 Å². The van der Waals surface area contributed by atoms with E-state index in [0.29, 0.717) is 29.3 Å². The smallest absolute Gasteiger partial charge is 0.337 e. The van der Waals surface area contributed by atoms with E-state index >= 15 is 0 Å².